The van der Waals surface area contributed by atoms with Gasteiger partial charge < -0.3 is 5.32 Å². The van der Waals surface area contributed by atoms with Gasteiger partial charge in [0.15, 0.2) is 0 Å². The molecule has 1 heterocycles. The van der Waals surface area contributed by atoms with Crippen LogP contribution >= 0.6 is 27.5 Å². The monoisotopic (exact) mass is 340 g/mol. The highest BCUT2D eigenvalue weighted by Gasteiger charge is 2.15. The number of nitrogens with zero attached hydrogens (tertiary/aromatic N) is 2. The number of aromatic nitrogens is 2. The van der Waals surface area contributed by atoms with Gasteiger partial charge in [0.25, 0.3) is 5.91 Å². The molecule has 2 aromatic rings. The molecule has 98 valence electrons. The van der Waals surface area contributed by atoms with Crippen LogP contribution in [0.5, 0.6) is 0 Å². The highest BCUT2D eigenvalue weighted by molar-refractivity contribution is 9.10. The highest BCUT2D eigenvalue weighted by atomic mass is 79.9. The lowest BCUT2D eigenvalue weighted by atomic mass is 10.3. The summed E-state index contributed by atoms with van der Waals surface area (Å²) in [5.74, 6) is -0.512. The molecular formula is C11H9BrN4O2S. The molecule has 0 radical (unpaired) electrons. The van der Waals surface area contributed by atoms with E-state index in [2.05, 4.69) is 36.2 Å². The summed E-state index contributed by atoms with van der Waals surface area (Å²) in [5, 5.41) is 8.48. The van der Waals surface area contributed by atoms with Crippen LogP contribution in [0.3, 0.4) is 0 Å². The molecule has 2 N–H and O–H groups in total. The van der Waals surface area contributed by atoms with Crippen molar-refractivity contribution in [3.63, 3.8) is 0 Å². The Bertz CT molecular complexity index is 611. The number of carbonyl (C=O) groups excluding carboxylic acids is 2. The van der Waals surface area contributed by atoms with Crippen molar-refractivity contribution in [3.8, 4) is 0 Å². The van der Waals surface area contributed by atoms with Crippen LogP contribution in [-0.2, 0) is 0 Å². The molecule has 2 rings (SSSR count). The molecule has 1 aromatic carbocycles. The number of nitrogens with one attached hydrogen (secondary N) is 2. The van der Waals surface area contributed by atoms with E-state index < -0.39 is 11.9 Å². The number of amides is 3. The minimum Gasteiger partial charge on any atom is -0.308 e. The number of hydrogen-bond donors (Lipinski definition) is 2. The number of benzene rings is 1. The standard InChI is InChI=1S/C11H9BrN4O2S/c1-6-9(19-16-15-6)10(17)14-11(18)13-8-4-2-7(12)3-5-8/h2-5H,1H3,(H2,13,14,17,18). The molecule has 0 saturated carbocycles. The Labute approximate surface area is 121 Å². The minimum absolute atomic E-state index is 0.325. The van der Waals surface area contributed by atoms with E-state index in [1.54, 1.807) is 31.2 Å². The predicted molar refractivity (Wildman–Crippen MR) is 75.3 cm³/mol. The van der Waals surface area contributed by atoms with Crippen LogP contribution in [0.15, 0.2) is 28.7 Å². The molecule has 8 heteroatoms. The zero-order valence-electron chi connectivity index (χ0n) is 9.81. The summed E-state index contributed by atoms with van der Waals surface area (Å²) in [7, 11) is 0. The summed E-state index contributed by atoms with van der Waals surface area (Å²) in [6, 6.07) is 6.41. The van der Waals surface area contributed by atoms with Crippen molar-refractivity contribution in [3.05, 3.63) is 39.3 Å². The zero-order valence-corrected chi connectivity index (χ0v) is 12.2. The van der Waals surface area contributed by atoms with Crippen LogP contribution in [0, 0.1) is 6.92 Å². The van der Waals surface area contributed by atoms with Crippen LogP contribution in [0.25, 0.3) is 0 Å². The van der Waals surface area contributed by atoms with Crippen molar-refractivity contribution in [1.82, 2.24) is 14.9 Å². The highest BCUT2D eigenvalue weighted by Crippen LogP contribution is 2.14. The van der Waals surface area contributed by atoms with Gasteiger partial charge in [-0.25, -0.2) is 4.79 Å². The fraction of sp³-hybridized carbons (Fsp3) is 0.0909. The Morgan fingerprint density at radius 1 is 1.26 bits per heavy atom. The summed E-state index contributed by atoms with van der Waals surface area (Å²) >= 11 is 4.24. The zero-order chi connectivity index (χ0) is 13.8. The fourth-order valence-corrected chi connectivity index (χ4v) is 2.11. The van der Waals surface area contributed by atoms with E-state index >= 15 is 0 Å². The Hall–Kier alpha value is -1.80. The molecule has 3 amide bonds. The van der Waals surface area contributed by atoms with E-state index in [1.165, 1.54) is 0 Å². The molecule has 0 spiro atoms. The predicted octanol–water partition coefficient (Wildman–Crippen LogP) is 2.57. The molecule has 19 heavy (non-hydrogen) atoms. The quantitative estimate of drug-likeness (QED) is 0.879. The summed E-state index contributed by atoms with van der Waals surface area (Å²) < 4.78 is 4.54. The van der Waals surface area contributed by atoms with Crippen molar-refractivity contribution in [1.29, 1.82) is 0 Å². The van der Waals surface area contributed by atoms with E-state index in [-0.39, 0.29) is 0 Å². The van der Waals surface area contributed by atoms with Gasteiger partial charge in [0, 0.05) is 10.2 Å². The number of anilines is 1. The van der Waals surface area contributed by atoms with Gasteiger partial charge in [0.1, 0.15) is 4.88 Å². The van der Waals surface area contributed by atoms with Crippen molar-refractivity contribution in [2.45, 2.75) is 6.92 Å². The largest absolute Gasteiger partial charge is 0.326 e. The average Bonchev–Trinajstić information content (AvgIpc) is 2.78. The number of carbonyl (C=O) groups is 2. The van der Waals surface area contributed by atoms with Gasteiger partial charge in [-0.15, -0.1) is 5.10 Å². The van der Waals surface area contributed by atoms with Gasteiger partial charge in [-0.05, 0) is 42.7 Å². The number of hydrogen-bond acceptors (Lipinski definition) is 5. The summed E-state index contributed by atoms with van der Waals surface area (Å²) in [6.07, 6.45) is 0. The van der Waals surface area contributed by atoms with Crippen LogP contribution < -0.4 is 10.6 Å². The molecule has 6 nitrogen and oxygen atoms in total. The van der Waals surface area contributed by atoms with Gasteiger partial charge in [-0.3, -0.25) is 10.1 Å². The first-order valence-electron chi connectivity index (χ1n) is 5.23. The van der Waals surface area contributed by atoms with Crippen molar-refractivity contribution < 1.29 is 9.59 Å². The van der Waals surface area contributed by atoms with Gasteiger partial charge >= 0.3 is 6.03 Å². The lowest BCUT2D eigenvalue weighted by Crippen LogP contribution is -2.34. The van der Waals surface area contributed by atoms with Crippen LogP contribution in [0.4, 0.5) is 10.5 Å². The molecule has 0 aliphatic carbocycles. The number of imide groups is 1. The minimum atomic E-state index is -0.597. The molecular weight excluding hydrogens is 332 g/mol. The molecule has 0 fully saturated rings. The Morgan fingerprint density at radius 2 is 1.95 bits per heavy atom. The first-order chi connectivity index (χ1) is 9.06. The molecule has 0 saturated heterocycles. The second-order valence-corrected chi connectivity index (χ2v) is 5.27. The lowest BCUT2D eigenvalue weighted by Gasteiger charge is -2.05. The van der Waals surface area contributed by atoms with Gasteiger partial charge in [0.2, 0.25) is 0 Å². The third-order valence-electron chi connectivity index (χ3n) is 2.19. The molecule has 0 aliphatic rings. The van der Waals surface area contributed by atoms with Gasteiger partial charge in [-0.2, -0.15) is 0 Å². The third-order valence-corrected chi connectivity index (χ3v) is 3.54. The summed E-state index contributed by atoms with van der Waals surface area (Å²) in [6.45, 7) is 1.66. The first-order valence-corrected chi connectivity index (χ1v) is 6.80. The number of halogens is 1. The maximum absolute atomic E-state index is 11.7. The van der Waals surface area contributed by atoms with Crippen molar-refractivity contribution in [2.75, 3.05) is 5.32 Å². The lowest BCUT2D eigenvalue weighted by molar-refractivity contribution is 0.0970. The van der Waals surface area contributed by atoms with Crippen LogP contribution in [0.2, 0.25) is 0 Å². The normalized spacial score (nSPS) is 10.0. The number of rotatable bonds is 2. The first kappa shape index (κ1) is 13.6. The number of urea groups is 1. The van der Waals surface area contributed by atoms with Crippen LogP contribution in [0.1, 0.15) is 15.4 Å². The average molecular weight is 341 g/mol. The molecule has 0 unspecified atom stereocenters. The smallest absolute Gasteiger partial charge is 0.308 e. The summed E-state index contributed by atoms with van der Waals surface area (Å²) in [5.41, 5.74) is 1.09. The van der Waals surface area contributed by atoms with E-state index in [9.17, 15) is 9.59 Å². The molecule has 0 aliphatic heterocycles. The van der Waals surface area contributed by atoms with Crippen LogP contribution in [-0.4, -0.2) is 21.5 Å². The Morgan fingerprint density at radius 3 is 2.53 bits per heavy atom. The molecule has 1 aromatic heterocycles. The van der Waals surface area contributed by atoms with Crippen molar-refractivity contribution in [2.24, 2.45) is 0 Å². The van der Waals surface area contributed by atoms with E-state index in [1.807, 2.05) is 0 Å². The molecule has 0 atom stereocenters. The fourth-order valence-electron chi connectivity index (χ4n) is 1.30. The third kappa shape index (κ3) is 3.58. The van der Waals surface area contributed by atoms with E-state index in [0.717, 1.165) is 16.0 Å². The van der Waals surface area contributed by atoms with E-state index in [4.69, 9.17) is 0 Å². The SMILES string of the molecule is Cc1nnsc1C(=O)NC(=O)Nc1ccc(Br)cc1. The second kappa shape index (κ2) is 5.89. The van der Waals surface area contributed by atoms with E-state index in [0.29, 0.717) is 16.3 Å². The summed E-state index contributed by atoms with van der Waals surface area (Å²) in [4.78, 5) is 23.7. The topological polar surface area (TPSA) is 84.0 Å². The van der Waals surface area contributed by atoms with Gasteiger partial charge in [0.05, 0.1) is 5.69 Å². The Kier molecular flexibility index (Phi) is 4.23. The van der Waals surface area contributed by atoms with Crippen molar-refractivity contribution >= 4 is 45.1 Å². The maximum atomic E-state index is 11.7. The second-order valence-electron chi connectivity index (χ2n) is 3.60. The molecule has 0 bridgehead atoms. The van der Waals surface area contributed by atoms with Gasteiger partial charge in [-0.1, -0.05) is 20.4 Å². The number of aryl methyl sites for hydroxylation is 1. The Balaban J connectivity index is 1.96. The maximum Gasteiger partial charge on any atom is 0.326 e.